The predicted molar refractivity (Wildman–Crippen MR) is 117 cm³/mol. The summed E-state index contributed by atoms with van der Waals surface area (Å²) < 4.78 is 10.6. The molecule has 3 aromatic rings. The predicted octanol–water partition coefficient (Wildman–Crippen LogP) is 5.77. The van der Waals surface area contributed by atoms with Crippen molar-refractivity contribution in [1.29, 1.82) is 0 Å². The Balaban J connectivity index is 1.53. The monoisotopic (exact) mass is 428 g/mol. The molecule has 3 aromatic carbocycles. The van der Waals surface area contributed by atoms with Crippen LogP contribution < -0.4 is 14.8 Å². The zero-order chi connectivity index (χ0) is 20.6. The molecule has 5 nitrogen and oxygen atoms in total. The van der Waals surface area contributed by atoms with Gasteiger partial charge in [0.1, 0.15) is 11.5 Å². The van der Waals surface area contributed by atoms with E-state index in [0.717, 1.165) is 5.56 Å². The summed E-state index contributed by atoms with van der Waals surface area (Å²) in [5.74, 6) is 0.914. The van der Waals surface area contributed by atoms with E-state index in [1.54, 1.807) is 61.9 Å². The van der Waals surface area contributed by atoms with E-state index < -0.39 is 0 Å². The number of rotatable bonds is 7. The van der Waals surface area contributed by atoms with Crippen LogP contribution in [-0.2, 0) is 4.79 Å². The van der Waals surface area contributed by atoms with Gasteiger partial charge in [-0.25, -0.2) is 0 Å². The van der Waals surface area contributed by atoms with Gasteiger partial charge in [-0.05, 0) is 66.2 Å². The molecule has 0 spiro atoms. The first-order valence-electron chi connectivity index (χ1n) is 8.69. The molecule has 3 rings (SSSR count). The average Bonchev–Trinajstić information content (AvgIpc) is 2.71. The lowest BCUT2D eigenvalue weighted by molar-refractivity contribution is -0.118. The van der Waals surface area contributed by atoms with Crippen molar-refractivity contribution in [2.75, 3.05) is 19.0 Å². The van der Waals surface area contributed by atoms with Gasteiger partial charge in [-0.2, -0.15) is 0 Å². The number of carbonyl (C=O) groups excluding carboxylic acids is 1. The van der Waals surface area contributed by atoms with Crippen LogP contribution in [0.25, 0.3) is 0 Å². The Bertz CT molecular complexity index is 1020. The molecule has 148 valence electrons. The molecule has 0 saturated carbocycles. The van der Waals surface area contributed by atoms with Gasteiger partial charge < -0.3 is 14.8 Å². The summed E-state index contributed by atoms with van der Waals surface area (Å²) >= 11 is 12.0. The van der Waals surface area contributed by atoms with Crippen molar-refractivity contribution in [1.82, 2.24) is 0 Å². The number of nitrogens with one attached hydrogen (secondary N) is 1. The second kappa shape index (κ2) is 9.96. The van der Waals surface area contributed by atoms with Crippen molar-refractivity contribution in [3.8, 4) is 11.5 Å². The first kappa shape index (κ1) is 20.7. The third-order valence-electron chi connectivity index (χ3n) is 3.86. The minimum atomic E-state index is -0.269. The van der Waals surface area contributed by atoms with Gasteiger partial charge in [0.05, 0.1) is 17.8 Å². The smallest absolute Gasteiger partial charge is 0.262 e. The highest BCUT2D eigenvalue weighted by Crippen LogP contribution is 2.28. The molecule has 1 N–H and O–H groups in total. The lowest BCUT2D eigenvalue weighted by Crippen LogP contribution is -2.20. The molecule has 0 unspecified atom stereocenters. The number of hydrogen-bond acceptors (Lipinski definition) is 4. The maximum absolute atomic E-state index is 12.0. The van der Waals surface area contributed by atoms with E-state index in [9.17, 15) is 4.79 Å². The fourth-order valence-corrected chi connectivity index (χ4v) is 2.89. The standard InChI is InChI=1S/C22H18Cl2N2O3/c1-28-21-10-7-17(12-20(21)24)25-13-15-5-8-19(9-6-15)29-14-22(27)26-18-4-2-3-16(23)11-18/h2-13H,14H2,1H3,(H,26,27). The maximum Gasteiger partial charge on any atom is 0.262 e. The Kier molecular flexibility index (Phi) is 7.11. The molecule has 0 atom stereocenters. The van der Waals surface area contributed by atoms with Crippen molar-refractivity contribution < 1.29 is 14.3 Å². The highest BCUT2D eigenvalue weighted by atomic mass is 35.5. The molecular formula is C22H18Cl2N2O3. The minimum Gasteiger partial charge on any atom is -0.495 e. The van der Waals surface area contributed by atoms with E-state index in [-0.39, 0.29) is 12.5 Å². The number of amides is 1. The molecule has 29 heavy (non-hydrogen) atoms. The molecule has 0 aromatic heterocycles. The topological polar surface area (TPSA) is 59.9 Å². The van der Waals surface area contributed by atoms with Crippen molar-refractivity contribution in [2.45, 2.75) is 0 Å². The number of ether oxygens (including phenoxy) is 2. The summed E-state index contributed by atoms with van der Waals surface area (Å²) in [6.45, 7) is -0.107. The Hall–Kier alpha value is -3.02. The van der Waals surface area contributed by atoms with E-state index >= 15 is 0 Å². The number of carbonyl (C=O) groups is 1. The average molecular weight is 429 g/mol. The molecular weight excluding hydrogens is 411 g/mol. The summed E-state index contributed by atoms with van der Waals surface area (Å²) in [4.78, 5) is 16.4. The first-order valence-corrected chi connectivity index (χ1v) is 9.45. The lowest BCUT2D eigenvalue weighted by atomic mass is 10.2. The minimum absolute atomic E-state index is 0.107. The van der Waals surface area contributed by atoms with Crippen molar-refractivity contribution in [3.63, 3.8) is 0 Å². The van der Waals surface area contributed by atoms with Gasteiger partial charge in [0.15, 0.2) is 6.61 Å². The Morgan fingerprint density at radius 3 is 2.55 bits per heavy atom. The first-order chi connectivity index (χ1) is 14.0. The van der Waals surface area contributed by atoms with Gasteiger partial charge in [-0.1, -0.05) is 29.3 Å². The van der Waals surface area contributed by atoms with Crippen LogP contribution in [-0.4, -0.2) is 25.8 Å². The molecule has 0 aliphatic heterocycles. The molecule has 0 radical (unpaired) electrons. The molecule has 0 heterocycles. The van der Waals surface area contributed by atoms with Crippen molar-refractivity contribution >= 4 is 46.7 Å². The second-order valence-electron chi connectivity index (χ2n) is 5.99. The number of nitrogens with zero attached hydrogens (tertiary/aromatic N) is 1. The fourth-order valence-electron chi connectivity index (χ4n) is 2.45. The molecule has 0 saturated heterocycles. The van der Waals surface area contributed by atoms with Crippen LogP contribution in [0.15, 0.2) is 71.7 Å². The summed E-state index contributed by atoms with van der Waals surface area (Å²) in [5.41, 5.74) is 2.22. The van der Waals surface area contributed by atoms with Crippen molar-refractivity contribution in [2.24, 2.45) is 4.99 Å². The van der Waals surface area contributed by atoms with E-state index in [2.05, 4.69) is 10.3 Å². The van der Waals surface area contributed by atoms with Gasteiger partial charge in [0, 0.05) is 16.9 Å². The summed E-state index contributed by atoms with van der Waals surface area (Å²) in [7, 11) is 1.56. The largest absolute Gasteiger partial charge is 0.495 e. The quantitative estimate of drug-likeness (QED) is 0.485. The van der Waals surface area contributed by atoms with Crippen LogP contribution in [0.2, 0.25) is 10.0 Å². The number of anilines is 1. The van der Waals surface area contributed by atoms with E-state index in [1.807, 2.05) is 18.2 Å². The van der Waals surface area contributed by atoms with Crippen LogP contribution in [0.5, 0.6) is 11.5 Å². The number of hydrogen-bond donors (Lipinski definition) is 1. The Morgan fingerprint density at radius 1 is 1.07 bits per heavy atom. The molecule has 0 aliphatic rings. The van der Waals surface area contributed by atoms with Gasteiger partial charge in [0.25, 0.3) is 5.91 Å². The third-order valence-corrected chi connectivity index (χ3v) is 4.39. The lowest BCUT2D eigenvalue weighted by Gasteiger charge is -2.08. The molecule has 0 bridgehead atoms. The van der Waals surface area contributed by atoms with Crippen LogP contribution in [0.3, 0.4) is 0 Å². The highest BCUT2D eigenvalue weighted by Gasteiger charge is 2.04. The number of halogens is 2. The van der Waals surface area contributed by atoms with Crippen LogP contribution in [0.1, 0.15) is 5.56 Å². The zero-order valence-corrected chi connectivity index (χ0v) is 17.1. The second-order valence-corrected chi connectivity index (χ2v) is 6.84. The number of aliphatic imine (C=N–C) groups is 1. The SMILES string of the molecule is COc1ccc(N=Cc2ccc(OCC(=O)Nc3cccc(Cl)c3)cc2)cc1Cl. The van der Waals surface area contributed by atoms with Gasteiger partial charge in [-0.15, -0.1) is 0 Å². The Morgan fingerprint density at radius 2 is 1.86 bits per heavy atom. The molecule has 7 heteroatoms. The van der Waals surface area contributed by atoms with Crippen molar-refractivity contribution in [3.05, 3.63) is 82.3 Å². The molecule has 0 aliphatic carbocycles. The Labute approximate surface area is 178 Å². The highest BCUT2D eigenvalue weighted by molar-refractivity contribution is 6.32. The van der Waals surface area contributed by atoms with E-state index in [1.165, 1.54) is 0 Å². The van der Waals surface area contributed by atoms with Crippen LogP contribution in [0, 0.1) is 0 Å². The fraction of sp³-hybridized carbons (Fsp3) is 0.0909. The van der Waals surface area contributed by atoms with Crippen LogP contribution in [0.4, 0.5) is 11.4 Å². The number of methoxy groups -OCH3 is 1. The van der Waals surface area contributed by atoms with E-state index in [4.69, 9.17) is 32.7 Å². The van der Waals surface area contributed by atoms with Gasteiger partial charge >= 0.3 is 0 Å². The summed E-state index contributed by atoms with van der Waals surface area (Å²) in [6.07, 6.45) is 1.72. The normalized spacial score (nSPS) is 10.7. The molecule has 1 amide bonds. The van der Waals surface area contributed by atoms with Gasteiger partial charge in [0.2, 0.25) is 0 Å². The van der Waals surface area contributed by atoms with Crippen LogP contribution >= 0.6 is 23.2 Å². The summed E-state index contributed by atoms with van der Waals surface area (Å²) in [5, 5.41) is 3.78. The van der Waals surface area contributed by atoms with Gasteiger partial charge in [-0.3, -0.25) is 9.79 Å². The summed E-state index contributed by atoms with van der Waals surface area (Å²) in [6, 6.07) is 19.5. The zero-order valence-electron chi connectivity index (χ0n) is 15.6. The maximum atomic E-state index is 12.0. The van der Waals surface area contributed by atoms with E-state index in [0.29, 0.717) is 32.9 Å². The third kappa shape index (κ3) is 6.24. The molecule has 0 fully saturated rings. The number of benzene rings is 3.